The van der Waals surface area contributed by atoms with Crippen LogP contribution in [0.1, 0.15) is 58.3 Å². The van der Waals surface area contributed by atoms with Gasteiger partial charge in [-0.05, 0) is 57.0 Å². The predicted octanol–water partition coefficient (Wildman–Crippen LogP) is 2.08. The van der Waals surface area contributed by atoms with Crippen molar-refractivity contribution in [2.45, 2.75) is 64.3 Å². The van der Waals surface area contributed by atoms with Crippen molar-refractivity contribution >= 4 is 11.8 Å². The molecule has 0 radical (unpaired) electrons. The van der Waals surface area contributed by atoms with E-state index in [0.29, 0.717) is 18.8 Å². The second kappa shape index (κ2) is 5.47. The normalized spacial score (nSPS) is 29.1. The summed E-state index contributed by atoms with van der Waals surface area (Å²) in [4.78, 5) is 26.7. The molecule has 1 atom stereocenters. The monoisotopic (exact) mass is 278 g/mol. The van der Waals surface area contributed by atoms with Crippen molar-refractivity contribution in [3.8, 4) is 0 Å². The zero-order valence-corrected chi connectivity index (χ0v) is 12.5. The van der Waals surface area contributed by atoms with Crippen LogP contribution in [0, 0.1) is 11.3 Å². The standard InChI is InChI=1S/C16H26N2O2/c1-12(13-4-8-17-9-5-13)18-14(19)10-16(11-15(18)20)6-2-3-7-16/h12-13,17H,2-11H2,1H3. The third-order valence-electron chi connectivity index (χ3n) is 5.73. The molecule has 3 aliphatic rings. The lowest BCUT2D eigenvalue weighted by molar-refractivity contribution is -0.157. The van der Waals surface area contributed by atoms with E-state index in [-0.39, 0.29) is 23.3 Å². The van der Waals surface area contributed by atoms with E-state index in [1.807, 2.05) is 0 Å². The molecular weight excluding hydrogens is 252 g/mol. The predicted molar refractivity (Wildman–Crippen MR) is 77.0 cm³/mol. The van der Waals surface area contributed by atoms with Crippen LogP contribution >= 0.6 is 0 Å². The molecule has 2 amide bonds. The van der Waals surface area contributed by atoms with Crippen LogP contribution in [0.2, 0.25) is 0 Å². The molecule has 0 bridgehead atoms. The highest BCUT2D eigenvalue weighted by Gasteiger charge is 2.47. The first-order valence-corrected chi connectivity index (χ1v) is 8.17. The molecule has 1 spiro atoms. The van der Waals surface area contributed by atoms with E-state index in [2.05, 4.69) is 12.2 Å². The quantitative estimate of drug-likeness (QED) is 0.787. The fraction of sp³-hybridized carbons (Fsp3) is 0.875. The van der Waals surface area contributed by atoms with Crippen LogP contribution in [0.15, 0.2) is 0 Å². The van der Waals surface area contributed by atoms with Gasteiger partial charge in [-0.3, -0.25) is 14.5 Å². The van der Waals surface area contributed by atoms with E-state index in [9.17, 15) is 9.59 Å². The van der Waals surface area contributed by atoms with Gasteiger partial charge >= 0.3 is 0 Å². The molecule has 1 N–H and O–H groups in total. The minimum absolute atomic E-state index is 0.0263. The third kappa shape index (κ3) is 2.50. The molecule has 4 nitrogen and oxygen atoms in total. The van der Waals surface area contributed by atoms with Crippen LogP contribution in [0.5, 0.6) is 0 Å². The average Bonchev–Trinajstić information content (AvgIpc) is 2.86. The maximum Gasteiger partial charge on any atom is 0.229 e. The summed E-state index contributed by atoms with van der Waals surface area (Å²) in [5, 5.41) is 3.35. The molecular formula is C16H26N2O2. The van der Waals surface area contributed by atoms with Crippen LogP contribution < -0.4 is 5.32 Å². The van der Waals surface area contributed by atoms with Crippen molar-refractivity contribution in [1.82, 2.24) is 10.2 Å². The Hall–Kier alpha value is -0.900. The van der Waals surface area contributed by atoms with Crippen molar-refractivity contribution in [1.29, 1.82) is 0 Å². The first kappa shape index (κ1) is 14.1. The van der Waals surface area contributed by atoms with Crippen molar-refractivity contribution in [3.63, 3.8) is 0 Å². The fourth-order valence-electron chi connectivity index (χ4n) is 4.48. The number of amides is 2. The summed E-state index contributed by atoms with van der Waals surface area (Å²) in [5.41, 5.74) is 0.0263. The minimum Gasteiger partial charge on any atom is -0.317 e. The zero-order chi connectivity index (χ0) is 14.2. The Kier molecular flexibility index (Phi) is 3.85. The molecule has 2 aliphatic heterocycles. The van der Waals surface area contributed by atoms with Gasteiger partial charge in [-0.25, -0.2) is 0 Å². The SMILES string of the molecule is CC(C1CCNCC1)N1C(=O)CC2(CCCC2)CC1=O. The molecule has 2 heterocycles. The summed E-state index contributed by atoms with van der Waals surface area (Å²) in [5.74, 6) is 0.658. The number of imide groups is 1. The molecule has 0 aromatic rings. The van der Waals surface area contributed by atoms with Crippen LogP contribution in [-0.4, -0.2) is 35.8 Å². The van der Waals surface area contributed by atoms with E-state index in [4.69, 9.17) is 0 Å². The first-order valence-electron chi connectivity index (χ1n) is 8.17. The average molecular weight is 278 g/mol. The maximum atomic E-state index is 12.5. The third-order valence-corrected chi connectivity index (χ3v) is 5.73. The Balaban J connectivity index is 1.70. The van der Waals surface area contributed by atoms with Crippen molar-refractivity contribution in [2.75, 3.05) is 13.1 Å². The maximum absolute atomic E-state index is 12.5. The molecule has 112 valence electrons. The lowest BCUT2D eigenvalue weighted by Crippen LogP contribution is -2.54. The van der Waals surface area contributed by atoms with Crippen molar-refractivity contribution < 1.29 is 9.59 Å². The summed E-state index contributed by atoms with van der Waals surface area (Å²) in [6, 6.07) is 0.0795. The lowest BCUT2D eigenvalue weighted by atomic mass is 9.75. The molecule has 3 rings (SSSR count). The highest BCUT2D eigenvalue weighted by Crippen LogP contribution is 2.47. The number of hydrogen-bond acceptors (Lipinski definition) is 3. The second-order valence-corrected chi connectivity index (χ2v) is 7.05. The Morgan fingerprint density at radius 1 is 1.10 bits per heavy atom. The van der Waals surface area contributed by atoms with Crippen molar-refractivity contribution in [2.24, 2.45) is 11.3 Å². The molecule has 0 aromatic carbocycles. The topological polar surface area (TPSA) is 49.4 Å². The summed E-state index contributed by atoms with van der Waals surface area (Å²) in [7, 11) is 0. The van der Waals surface area contributed by atoms with Gasteiger partial charge in [0.05, 0.1) is 0 Å². The largest absolute Gasteiger partial charge is 0.317 e. The van der Waals surface area contributed by atoms with Gasteiger partial charge in [-0.15, -0.1) is 0 Å². The Labute approximate surface area is 121 Å². The number of nitrogens with one attached hydrogen (secondary N) is 1. The number of nitrogens with zero attached hydrogens (tertiary/aromatic N) is 1. The molecule has 20 heavy (non-hydrogen) atoms. The van der Waals surface area contributed by atoms with Crippen LogP contribution in [0.3, 0.4) is 0 Å². The fourth-order valence-corrected chi connectivity index (χ4v) is 4.48. The Morgan fingerprint density at radius 3 is 2.20 bits per heavy atom. The summed E-state index contributed by atoms with van der Waals surface area (Å²) in [6.45, 7) is 4.09. The van der Waals surface area contributed by atoms with Crippen LogP contribution in [0.25, 0.3) is 0 Å². The molecule has 4 heteroatoms. The lowest BCUT2D eigenvalue weighted by Gasteiger charge is -2.42. The van der Waals surface area contributed by atoms with Gasteiger partial charge in [0, 0.05) is 18.9 Å². The first-order chi connectivity index (χ1) is 9.61. The smallest absolute Gasteiger partial charge is 0.229 e. The van der Waals surface area contributed by atoms with Gasteiger partial charge < -0.3 is 5.32 Å². The number of likely N-dealkylation sites (tertiary alicyclic amines) is 1. The van der Waals surface area contributed by atoms with E-state index >= 15 is 0 Å². The van der Waals surface area contributed by atoms with E-state index in [0.717, 1.165) is 38.8 Å². The second-order valence-electron chi connectivity index (χ2n) is 7.05. The summed E-state index contributed by atoms with van der Waals surface area (Å²) >= 11 is 0. The van der Waals surface area contributed by atoms with Gasteiger partial charge in [-0.1, -0.05) is 12.8 Å². The van der Waals surface area contributed by atoms with Gasteiger partial charge in [0.15, 0.2) is 0 Å². The van der Waals surface area contributed by atoms with Gasteiger partial charge in [0.2, 0.25) is 11.8 Å². The Morgan fingerprint density at radius 2 is 1.65 bits per heavy atom. The molecule has 1 saturated carbocycles. The molecule has 2 saturated heterocycles. The summed E-state index contributed by atoms with van der Waals surface area (Å²) in [6.07, 6.45) is 7.86. The van der Waals surface area contributed by atoms with E-state index in [1.54, 1.807) is 4.90 Å². The van der Waals surface area contributed by atoms with Crippen LogP contribution in [0.4, 0.5) is 0 Å². The molecule has 3 fully saturated rings. The van der Waals surface area contributed by atoms with Gasteiger partial charge in [-0.2, -0.15) is 0 Å². The highest BCUT2D eigenvalue weighted by atomic mass is 16.2. The number of carbonyl (C=O) groups is 2. The summed E-state index contributed by atoms with van der Waals surface area (Å²) < 4.78 is 0. The number of carbonyl (C=O) groups excluding carboxylic acids is 2. The van der Waals surface area contributed by atoms with Gasteiger partial charge in [0.25, 0.3) is 0 Å². The number of piperidine rings is 2. The number of hydrogen-bond donors (Lipinski definition) is 1. The number of rotatable bonds is 2. The van der Waals surface area contributed by atoms with Gasteiger partial charge in [0.1, 0.15) is 0 Å². The van der Waals surface area contributed by atoms with Crippen molar-refractivity contribution in [3.05, 3.63) is 0 Å². The zero-order valence-electron chi connectivity index (χ0n) is 12.5. The van der Waals surface area contributed by atoms with Crippen LogP contribution in [-0.2, 0) is 9.59 Å². The minimum atomic E-state index is 0.0263. The molecule has 1 aliphatic carbocycles. The van der Waals surface area contributed by atoms with E-state index in [1.165, 1.54) is 12.8 Å². The molecule has 1 unspecified atom stereocenters. The van der Waals surface area contributed by atoms with E-state index < -0.39 is 0 Å². The Bertz CT molecular complexity index is 375. The highest BCUT2D eigenvalue weighted by molar-refractivity contribution is 5.99. The molecule has 0 aromatic heterocycles.